The van der Waals surface area contributed by atoms with Crippen LogP contribution < -0.4 is 5.32 Å². The lowest BCUT2D eigenvalue weighted by Crippen LogP contribution is -2.39. The van der Waals surface area contributed by atoms with Crippen LogP contribution in [0.25, 0.3) is 0 Å². The zero-order valence-electron chi connectivity index (χ0n) is 15.9. The minimum Gasteiger partial charge on any atom is -0.444 e. The molecule has 1 heterocycles. The molecule has 0 saturated heterocycles. The van der Waals surface area contributed by atoms with E-state index in [0.717, 1.165) is 25.4 Å². The quantitative estimate of drug-likeness (QED) is 0.841. The fraction of sp³-hybridized carbons (Fsp3) is 0.667. The van der Waals surface area contributed by atoms with Crippen LogP contribution in [0.15, 0.2) is 18.2 Å². The van der Waals surface area contributed by atoms with Crippen molar-refractivity contribution in [1.82, 2.24) is 4.90 Å². The number of carbonyl (C=O) groups is 1. The van der Waals surface area contributed by atoms with E-state index < -0.39 is 5.60 Å². The maximum atomic E-state index is 12.3. The predicted molar refractivity (Wildman–Crippen MR) is 102 cm³/mol. The number of benzene rings is 1. The van der Waals surface area contributed by atoms with Crippen molar-refractivity contribution in [1.29, 1.82) is 0 Å². The van der Waals surface area contributed by atoms with Crippen LogP contribution in [0.4, 0.5) is 10.5 Å². The van der Waals surface area contributed by atoms with Gasteiger partial charge in [0.2, 0.25) is 0 Å². The summed E-state index contributed by atoms with van der Waals surface area (Å²) in [5.74, 6) is 0.808. The molecule has 1 aliphatic carbocycles. The van der Waals surface area contributed by atoms with Crippen molar-refractivity contribution in [2.75, 3.05) is 18.4 Å². The Labute approximate surface area is 151 Å². The molecular weight excluding hydrogens is 312 g/mol. The van der Waals surface area contributed by atoms with Crippen molar-refractivity contribution in [2.24, 2.45) is 5.92 Å². The minimum atomic E-state index is -0.444. The van der Waals surface area contributed by atoms with Crippen LogP contribution >= 0.6 is 0 Å². The molecule has 1 amide bonds. The van der Waals surface area contributed by atoms with Crippen LogP contribution in [0.3, 0.4) is 0 Å². The molecule has 1 aromatic carbocycles. The highest BCUT2D eigenvalue weighted by Crippen LogP contribution is 2.26. The Morgan fingerprint density at radius 2 is 1.96 bits per heavy atom. The number of nitrogens with zero attached hydrogens (tertiary/aromatic N) is 1. The lowest BCUT2D eigenvalue weighted by atomic mass is 9.89. The van der Waals surface area contributed by atoms with Crippen LogP contribution in [0, 0.1) is 5.92 Å². The van der Waals surface area contributed by atoms with Gasteiger partial charge in [-0.25, -0.2) is 4.79 Å². The van der Waals surface area contributed by atoms with Crippen molar-refractivity contribution >= 4 is 11.8 Å². The van der Waals surface area contributed by atoms with Gasteiger partial charge in [0.05, 0.1) is 0 Å². The molecule has 0 spiro atoms. The number of fused-ring (bicyclic) bond motifs is 1. The monoisotopic (exact) mass is 344 g/mol. The summed E-state index contributed by atoms with van der Waals surface area (Å²) in [5, 5.41) is 3.61. The second-order valence-corrected chi connectivity index (χ2v) is 8.52. The average Bonchev–Trinajstić information content (AvgIpc) is 2.58. The summed E-state index contributed by atoms with van der Waals surface area (Å²) in [4.78, 5) is 14.1. The standard InChI is InChI=1S/C21H32N2O2/c1-21(2,3)25-20(24)23-12-11-17-9-10-19(13-18(17)15-23)22-14-16-7-5-4-6-8-16/h9-10,13,16,22H,4-8,11-12,14-15H2,1-3H3. The van der Waals surface area contributed by atoms with Gasteiger partial charge in [-0.1, -0.05) is 25.3 Å². The van der Waals surface area contributed by atoms with E-state index in [2.05, 4.69) is 23.5 Å². The normalized spacial score (nSPS) is 18.6. The third-order valence-electron chi connectivity index (χ3n) is 5.19. The number of nitrogens with one attached hydrogen (secondary N) is 1. The molecule has 1 N–H and O–H groups in total. The summed E-state index contributed by atoms with van der Waals surface area (Å²) in [6, 6.07) is 6.62. The summed E-state index contributed by atoms with van der Waals surface area (Å²) >= 11 is 0. The van der Waals surface area contributed by atoms with Crippen LogP contribution in [0.5, 0.6) is 0 Å². The van der Waals surface area contributed by atoms with Gasteiger partial charge in [0, 0.05) is 25.3 Å². The summed E-state index contributed by atoms with van der Waals surface area (Å²) in [6.45, 7) is 8.18. The van der Waals surface area contributed by atoms with Gasteiger partial charge in [-0.3, -0.25) is 0 Å². The van der Waals surface area contributed by atoms with Crippen molar-refractivity contribution < 1.29 is 9.53 Å². The lowest BCUT2D eigenvalue weighted by molar-refractivity contribution is 0.0224. The molecule has 1 aromatic rings. The highest BCUT2D eigenvalue weighted by molar-refractivity contribution is 5.69. The molecule has 3 rings (SSSR count). The molecule has 0 unspecified atom stereocenters. The van der Waals surface area contributed by atoms with Crippen molar-refractivity contribution in [2.45, 2.75) is 71.4 Å². The van der Waals surface area contributed by atoms with Crippen LogP contribution in [-0.4, -0.2) is 29.7 Å². The second kappa shape index (κ2) is 7.67. The van der Waals surface area contributed by atoms with Crippen molar-refractivity contribution in [3.63, 3.8) is 0 Å². The van der Waals surface area contributed by atoms with E-state index in [4.69, 9.17) is 4.74 Å². The van der Waals surface area contributed by atoms with E-state index in [1.165, 1.54) is 48.9 Å². The summed E-state index contributed by atoms with van der Waals surface area (Å²) in [7, 11) is 0. The molecular formula is C21H32N2O2. The highest BCUT2D eigenvalue weighted by Gasteiger charge is 2.25. The van der Waals surface area contributed by atoms with Crippen molar-refractivity contribution in [3.8, 4) is 0 Å². The highest BCUT2D eigenvalue weighted by atomic mass is 16.6. The van der Waals surface area contributed by atoms with Gasteiger partial charge in [-0.15, -0.1) is 0 Å². The third-order valence-corrected chi connectivity index (χ3v) is 5.19. The summed E-state index contributed by atoms with van der Waals surface area (Å²) in [6.07, 6.45) is 7.55. The number of hydrogen-bond acceptors (Lipinski definition) is 3. The van der Waals surface area contributed by atoms with Crippen LogP contribution in [0.1, 0.15) is 64.0 Å². The van der Waals surface area contributed by atoms with Crippen LogP contribution in [-0.2, 0) is 17.7 Å². The first-order valence-corrected chi connectivity index (χ1v) is 9.74. The largest absolute Gasteiger partial charge is 0.444 e. The minimum absolute atomic E-state index is 0.210. The molecule has 0 atom stereocenters. The Balaban J connectivity index is 1.59. The number of carbonyl (C=O) groups excluding carboxylic acids is 1. The van der Waals surface area contributed by atoms with Gasteiger partial charge in [0.25, 0.3) is 0 Å². The van der Waals surface area contributed by atoms with Gasteiger partial charge >= 0.3 is 6.09 Å². The Kier molecular flexibility index (Phi) is 5.55. The molecule has 138 valence electrons. The fourth-order valence-electron chi connectivity index (χ4n) is 3.80. The van der Waals surface area contributed by atoms with Gasteiger partial charge in [0.1, 0.15) is 5.60 Å². The number of ether oxygens (including phenoxy) is 1. The molecule has 1 aliphatic heterocycles. The molecule has 4 nitrogen and oxygen atoms in total. The lowest BCUT2D eigenvalue weighted by Gasteiger charge is -2.31. The molecule has 2 aliphatic rings. The van der Waals surface area contributed by atoms with Crippen molar-refractivity contribution in [3.05, 3.63) is 29.3 Å². The number of amides is 1. The zero-order valence-corrected chi connectivity index (χ0v) is 15.9. The third kappa shape index (κ3) is 5.13. The van der Waals surface area contributed by atoms with Gasteiger partial charge in [-0.2, -0.15) is 0 Å². The maximum Gasteiger partial charge on any atom is 0.410 e. The van der Waals surface area contributed by atoms with E-state index in [0.29, 0.717) is 6.54 Å². The number of hydrogen-bond donors (Lipinski definition) is 1. The molecule has 25 heavy (non-hydrogen) atoms. The predicted octanol–water partition coefficient (Wildman–Crippen LogP) is 4.97. The summed E-state index contributed by atoms with van der Waals surface area (Å²) in [5.41, 5.74) is 3.32. The smallest absolute Gasteiger partial charge is 0.410 e. The molecule has 0 bridgehead atoms. The Bertz CT molecular complexity index is 600. The van der Waals surface area contributed by atoms with E-state index >= 15 is 0 Å². The van der Waals surface area contributed by atoms with E-state index in [1.54, 1.807) is 0 Å². The van der Waals surface area contributed by atoms with Gasteiger partial charge in [-0.05, 0) is 69.2 Å². The van der Waals surface area contributed by atoms with E-state index in [9.17, 15) is 4.79 Å². The second-order valence-electron chi connectivity index (χ2n) is 8.52. The fourth-order valence-corrected chi connectivity index (χ4v) is 3.80. The number of rotatable bonds is 3. The SMILES string of the molecule is CC(C)(C)OC(=O)N1CCc2ccc(NCC3CCCCC3)cc2C1. The van der Waals surface area contributed by atoms with Crippen LogP contribution in [0.2, 0.25) is 0 Å². The van der Waals surface area contributed by atoms with E-state index in [-0.39, 0.29) is 6.09 Å². The Hall–Kier alpha value is -1.71. The molecule has 0 aromatic heterocycles. The van der Waals surface area contributed by atoms with E-state index in [1.807, 2.05) is 25.7 Å². The topological polar surface area (TPSA) is 41.6 Å². The first-order chi connectivity index (χ1) is 11.9. The number of anilines is 1. The first-order valence-electron chi connectivity index (χ1n) is 9.74. The average molecular weight is 344 g/mol. The zero-order chi connectivity index (χ0) is 17.9. The molecule has 0 radical (unpaired) electrons. The molecule has 1 saturated carbocycles. The molecule has 4 heteroatoms. The first kappa shape index (κ1) is 18.1. The van der Waals surface area contributed by atoms with Gasteiger partial charge < -0.3 is 15.0 Å². The molecule has 1 fully saturated rings. The Morgan fingerprint density at radius 3 is 2.68 bits per heavy atom. The summed E-state index contributed by atoms with van der Waals surface area (Å²) < 4.78 is 5.52. The maximum absolute atomic E-state index is 12.3. The van der Waals surface area contributed by atoms with Gasteiger partial charge in [0.15, 0.2) is 0 Å². The Morgan fingerprint density at radius 1 is 1.20 bits per heavy atom.